The second kappa shape index (κ2) is 8.52. The first-order valence-corrected chi connectivity index (χ1v) is 9.08. The minimum Gasteiger partial charge on any atom is -0.455 e. The molecule has 5 heteroatoms. The summed E-state index contributed by atoms with van der Waals surface area (Å²) >= 11 is 0. The molecule has 3 rings (SSSR count). The van der Waals surface area contributed by atoms with E-state index >= 15 is 0 Å². The number of carbonyl (C=O) groups is 2. The van der Waals surface area contributed by atoms with Gasteiger partial charge in [-0.1, -0.05) is 37.3 Å². The number of benzene rings is 2. The maximum Gasteiger partial charge on any atom is 0.229 e. The summed E-state index contributed by atoms with van der Waals surface area (Å²) in [6.45, 7) is 3.08. The molecule has 1 fully saturated rings. The van der Waals surface area contributed by atoms with Gasteiger partial charge >= 0.3 is 0 Å². The standard InChI is InChI=1S/C21H24N2O3/c1-2-20(24)23-14-8-9-16(15-23)21(25)22-18-12-6-7-13-19(18)26-17-10-4-3-5-11-17/h3-7,10-13,16H,2,8-9,14-15H2,1H3,(H,22,25). The molecule has 1 saturated heterocycles. The Hall–Kier alpha value is -2.82. The Labute approximate surface area is 154 Å². The van der Waals surface area contributed by atoms with E-state index in [1.165, 1.54) is 0 Å². The Balaban J connectivity index is 1.68. The van der Waals surface area contributed by atoms with Crippen molar-refractivity contribution in [2.75, 3.05) is 18.4 Å². The Morgan fingerprint density at radius 3 is 2.62 bits per heavy atom. The monoisotopic (exact) mass is 352 g/mol. The first-order chi connectivity index (χ1) is 12.7. The van der Waals surface area contributed by atoms with Gasteiger partial charge < -0.3 is 15.0 Å². The Bertz CT molecular complexity index is 761. The normalized spacial score (nSPS) is 16.8. The number of likely N-dealkylation sites (tertiary alicyclic amines) is 1. The molecule has 1 atom stereocenters. The van der Waals surface area contributed by atoms with Crippen LogP contribution in [0.4, 0.5) is 5.69 Å². The van der Waals surface area contributed by atoms with Crippen molar-refractivity contribution in [1.82, 2.24) is 4.90 Å². The summed E-state index contributed by atoms with van der Waals surface area (Å²) < 4.78 is 5.90. The molecular weight excluding hydrogens is 328 g/mol. The molecular formula is C21H24N2O3. The predicted octanol–water partition coefficient (Wildman–Crippen LogP) is 4.07. The summed E-state index contributed by atoms with van der Waals surface area (Å²) in [4.78, 5) is 26.4. The molecule has 0 spiro atoms. The molecule has 2 aromatic rings. The van der Waals surface area contributed by atoms with Crippen LogP contribution in [0.25, 0.3) is 0 Å². The van der Waals surface area contributed by atoms with Crippen molar-refractivity contribution < 1.29 is 14.3 Å². The highest BCUT2D eigenvalue weighted by molar-refractivity contribution is 5.94. The molecule has 26 heavy (non-hydrogen) atoms. The van der Waals surface area contributed by atoms with Gasteiger partial charge in [-0.25, -0.2) is 0 Å². The lowest BCUT2D eigenvalue weighted by Crippen LogP contribution is -2.43. The fourth-order valence-corrected chi connectivity index (χ4v) is 3.15. The van der Waals surface area contributed by atoms with Gasteiger partial charge in [0.15, 0.2) is 5.75 Å². The second-order valence-corrected chi connectivity index (χ2v) is 6.43. The van der Waals surface area contributed by atoms with Gasteiger partial charge in [0.1, 0.15) is 5.75 Å². The van der Waals surface area contributed by atoms with Crippen molar-refractivity contribution >= 4 is 17.5 Å². The van der Waals surface area contributed by atoms with Crippen molar-refractivity contribution in [3.63, 3.8) is 0 Å². The number of anilines is 1. The van der Waals surface area contributed by atoms with E-state index in [4.69, 9.17) is 4.74 Å². The number of para-hydroxylation sites is 3. The lowest BCUT2D eigenvalue weighted by molar-refractivity contribution is -0.134. The van der Waals surface area contributed by atoms with Gasteiger partial charge in [0, 0.05) is 19.5 Å². The summed E-state index contributed by atoms with van der Waals surface area (Å²) in [6.07, 6.45) is 2.12. The molecule has 0 aromatic heterocycles. The lowest BCUT2D eigenvalue weighted by atomic mass is 9.96. The van der Waals surface area contributed by atoms with E-state index in [9.17, 15) is 9.59 Å². The first kappa shape index (κ1) is 18.0. The van der Waals surface area contributed by atoms with Gasteiger partial charge in [-0.05, 0) is 37.1 Å². The topological polar surface area (TPSA) is 58.6 Å². The van der Waals surface area contributed by atoms with Crippen LogP contribution < -0.4 is 10.1 Å². The van der Waals surface area contributed by atoms with Gasteiger partial charge in [-0.3, -0.25) is 9.59 Å². The van der Waals surface area contributed by atoms with E-state index in [1.54, 1.807) is 4.90 Å². The van der Waals surface area contributed by atoms with Crippen LogP contribution in [0.1, 0.15) is 26.2 Å². The first-order valence-electron chi connectivity index (χ1n) is 9.08. The average Bonchev–Trinajstić information content (AvgIpc) is 2.69. The largest absolute Gasteiger partial charge is 0.455 e. The fourth-order valence-electron chi connectivity index (χ4n) is 3.15. The van der Waals surface area contributed by atoms with E-state index in [2.05, 4.69) is 5.32 Å². The number of carbonyl (C=O) groups excluding carboxylic acids is 2. The zero-order chi connectivity index (χ0) is 18.4. The van der Waals surface area contributed by atoms with Gasteiger partial charge in [0.05, 0.1) is 11.6 Å². The Morgan fingerprint density at radius 1 is 1.12 bits per heavy atom. The van der Waals surface area contributed by atoms with Crippen molar-refractivity contribution in [3.05, 3.63) is 54.6 Å². The highest BCUT2D eigenvalue weighted by Gasteiger charge is 2.28. The number of piperidine rings is 1. The van der Waals surface area contributed by atoms with Gasteiger partial charge in [-0.2, -0.15) is 0 Å². The molecule has 136 valence electrons. The molecule has 0 aliphatic carbocycles. The molecule has 0 bridgehead atoms. The quantitative estimate of drug-likeness (QED) is 0.882. The fraction of sp³-hybridized carbons (Fsp3) is 0.333. The van der Waals surface area contributed by atoms with Crippen LogP contribution in [0.5, 0.6) is 11.5 Å². The third-order valence-electron chi connectivity index (χ3n) is 4.56. The van der Waals surface area contributed by atoms with Gasteiger partial charge in [0.2, 0.25) is 11.8 Å². The Kier molecular flexibility index (Phi) is 5.89. The van der Waals surface area contributed by atoms with Gasteiger partial charge in [0.25, 0.3) is 0 Å². The predicted molar refractivity (Wildman–Crippen MR) is 101 cm³/mol. The summed E-state index contributed by atoms with van der Waals surface area (Å²) in [5.41, 5.74) is 0.639. The van der Waals surface area contributed by atoms with Crippen LogP contribution in [-0.2, 0) is 9.59 Å². The number of hydrogen-bond acceptors (Lipinski definition) is 3. The van der Waals surface area contributed by atoms with Crippen LogP contribution >= 0.6 is 0 Å². The molecule has 0 radical (unpaired) electrons. The summed E-state index contributed by atoms with van der Waals surface area (Å²) in [6, 6.07) is 16.9. The molecule has 2 amide bonds. The molecule has 5 nitrogen and oxygen atoms in total. The zero-order valence-corrected chi connectivity index (χ0v) is 15.0. The van der Waals surface area contributed by atoms with Crippen LogP contribution in [0, 0.1) is 5.92 Å². The second-order valence-electron chi connectivity index (χ2n) is 6.43. The number of nitrogens with zero attached hydrogens (tertiary/aromatic N) is 1. The summed E-state index contributed by atoms with van der Waals surface area (Å²) in [5.74, 6) is 1.16. The highest BCUT2D eigenvalue weighted by atomic mass is 16.5. The SMILES string of the molecule is CCC(=O)N1CCCC(C(=O)Nc2ccccc2Oc2ccccc2)C1. The van der Waals surface area contributed by atoms with Crippen LogP contribution in [-0.4, -0.2) is 29.8 Å². The van der Waals surface area contributed by atoms with E-state index in [-0.39, 0.29) is 17.7 Å². The van der Waals surface area contributed by atoms with Crippen molar-refractivity contribution in [1.29, 1.82) is 0 Å². The molecule has 1 aliphatic rings. The lowest BCUT2D eigenvalue weighted by Gasteiger charge is -2.32. The average molecular weight is 352 g/mol. The molecule has 1 heterocycles. The maximum absolute atomic E-state index is 12.7. The third-order valence-corrected chi connectivity index (χ3v) is 4.56. The smallest absolute Gasteiger partial charge is 0.229 e. The van der Waals surface area contributed by atoms with Crippen molar-refractivity contribution in [2.45, 2.75) is 26.2 Å². The summed E-state index contributed by atoms with van der Waals surface area (Å²) in [5, 5.41) is 2.98. The molecule has 1 unspecified atom stereocenters. The number of rotatable bonds is 5. The molecule has 0 saturated carbocycles. The van der Waals surface area contributed by atoms with Gasteiger partial charge in [-0.15, -0.1) is 0 Å². The van der Waals surface area contributed by atoms with Crippen LogP contribution in [0.3, 0.4) is 0 Å². The van der Waals surface area contributed by atoms with E-state index in [1.807, 2.05) is 61.5 Å². The molecule has 1 aliphatic heterocycles. The highest BCUT2D eigenvalue weighted by Crippen LogP contribution is 2.30. The third kappa shape index (κ3) is 4.42. The maximum atomic E-state index is 12.7. The number of amides is 2. The number of ether oxygens (including phenoxy) is 1. The van der Waals surface area contributed by atoms with Crippen LogP contribution in [0.15, 0.2) is 54.6 Å². The van der Waals surface area contributed by atoms with E-state index in [0.29, 0.717) is 30.2 Å². The molecule has 2 aromatic carbocycles. The zero-order valence-electron chi connectivity index (χ0n) is 15.0. The van der Waals surface area contributed by atoms with Crippen molar-refractivity contribution in [3.8, 4) is 11.5 Å². The Morgan fingerprint density at radius 2 is 1.85 bits per heavy atom. The van der Waals surface area contributed by atoms with E-state index in [0.717, 1.165) is 19.4 Å². The number of hydrogen-bond donors (Lipinski definition) is 1. The molecule has 1 N–H and O–H groups in total. The minimum absolute atomic E-state index is 0.0669. The minimum atomic E-state index is -0.191. The summed E-state index contributed by atoms with van der Waals surface area (Å²) in [7, 11) is 0. The van der Waals surface area contributed by atoms with Crippen LogP contribution in [0.2, 0.25) is 0 Å². The van der Waals surface area contributed by atoms with E-state index < -0.39 is 0 Å². The number of nitrogens with one attached hydrogen (secondary N) is 1. The van der Waals surface area contributed by atoms with Crippen molar-refractivity contribution in [2.24, 2.45) is 5.92 Å².